The van der Waals surface area contributed by atoms with Crippen molar-refractivity contribution >= 4 is 33.5 Å². The molecule has 1 heterocycles. The molecule has 0 saturated carbocycles. The maximum Gasteiger partial charge on any atom is 0.433 e. The number of aromatic nitrogens is 2. The highest BCUT2D eigenvalue weighted by Gasteiger charge is 2.38. The molecule has 1 aromatic heterocycles. The number of thioether (sulfide) groups is 1. The molecule has 1 aromatic carbocycles. The first kappa shape index (κ1) is 17.4. The monoisotopic (exact) mass is 416 g/mol. The molecule has 1 aliphatic rings. The fourth-order valence-corrected chi connectivity index (χ4v) is 3.58. The second-order valence-electron chi connectivity index (χ2n) is 5.35. The fourth-order valence-electron chi connectivity index (χ4n) is 2.56. The van der Waals surface area contributed by atoms with Gasteiger partial charge in [-0.1, -0.05) is 39.8 Å². The predicted molar refractivity (Wildman–Crippen MR) is 88.3 cm³/mol. The number of fused-ring (bicyclic) bond motifs is 1. The number of nitrogens with zero attached hydrogens (tertiary/aromatic N) is 2. The third-order valence-corrected chi connectivity index (χ3v) is 5.06. The molecule has 0 atom stereocenters. The van der Waals surface area contributed by atoms with Crippen molar-refractivity contribution in [3.05, 3.63) is 51.3 Å². The highest BCUT2D eigenvalue weighted by atomic mass is 79.9. The number of rotatable bonds is 4. The van der Waals surface area contributed by atoms with Crippen LogP contribution in [0.2, 0.25) is 0 Å². The minimum atomic E-state index is -4.50. The molecule has 1 aliphatic carbocycles. The van der Waals surface area contributed by atoms with Gasteiger partial charge in [-0.05, 0) is 31.4 Å². The summed E-state index contributed by atoms with van der Waals surface area (Å²) in [6.45, 7) is 0. The van der Waals surface area contributed by atoms with E-state index in [2.05, 4.69) is 25.9 Å². The van der Waals surface area contributed by atoms with Crippen LogP contribution in [0.5, 0.6) is 0 Å². The summed E-state index contributed by atoms with van der Waals surface area (Å²) >= 11 is 4.22. The van der Waals surface area contributed by atoms with Crippen molar-refractivity contribution in [3.63, 3.8) is 0 Å². The van der Waals surface area contributed by atoms with Crippen molar-refractivity contribution in [2.24, 2.45) is 0 Å². The van der Waals surface area contributed by atoms with Gasteiger partial charge in [0.2, 0.25) is 0 Å². The number of carbonyl (C=O) groups is 1. The second kappa shape index (κ2) is 6.84. The minimum absolute atomic E-state index is 0.00227. The Bertz CT molecular complexity index is 778. The van der Waals surface area contributed by atoms with Gasteiger partial charge in [-0.2, -0.15) is 13.2 Å². The Kier molecular flexibility index (Phi) is 4.96. The first-order chi connectivity index (χ1) is 11.3. The predicted octanol–water partition coefficient (Wildman–Crippen LogP) is 4.72. The van der Waals surface area contributed by atoms with Gasteiger partial charge in [-0.3, -0.25) is 4.79 Å². The third kappa shape index (κ3) is 3.80. The molecule has 0 unspecified atom stereocenters. The van der Waals surface area contributed by atoms with Crippen molar-refractivity contribution in [1.82, 2.24) is 9.97 Å². The van der Waals surface area contributed by atoms with E-state index in [4.69, 9.17) is 0 Å². The van der Waals surface area contributed by atoms with Gasteiger partial charge < -0.3 is 0 Å². The molecule has 3 rings (SSSR count). The molecule has 0 spiro atoms. The number of halogens is 4. The molecule has 24 heavy (non-hydrogen) atoms. The van der Waals surface area contributed by atoms with E-state index in [1.165, 1.54) is 0 Å². The summed E-state index contributed by atoms with van der Waals surface area (Å²) < 4.78 is 40.3. The van der Waals surface area contributed by atoms with E-state index in [1.54, 1.807) is 24.3 Å². The first-order valence-electron chi connectivity index (χ1n) is 7.23. The molecule has 0 saturated heterocycles. The van der Waals surface area contributed by atoms with E-state index in [0.717, 1.165) is 16.2 Å². The smallest absolute Gasteiger partial charge is 0.293 e. The standard InChI is InChI=1S/C16H12BrF3N2OS/c17-10-6-4-9(5-7-10)13(23)8-24-15-21-12-3-1-2-11(12)14(22-15)16(18,19)20/h4-7H,1-3,8H2. The molecule has 0 fully saturated rings. The number of carbonyl (C=O) groups excluding carboxylic acids is 1. The molecule has 0 aliphatic heterocycles. The van der Waals surface area contributed by atoms with Crippen molar-refractivity contribution in [1.29, 1.82) is 0 Å². The van der Waals surface area contributed by atoms with Gasteiger partial charge in [0, 0.05) is 21.3 Å². The number of ketones is 1. The van der Waals surface area contributed by atoms with Crippen LogP contribution in [0.4, 0.5) is 13.2 Å². The van der Waals surface area contributed by atoms with Gasteiger partial charge in [0.1, 0.15) is 0 Å². The Morgan fingerprint density at radius 2 is 1.88 bits per heavy atom. The van der Waals surface area contributed by atoms with Gasteiger partial charge >= 0.3 is 6.18 Å². The van der Waals surface area contributed by atoms with Crippen LogP contribution in [0, 0.1) is 0 Å². The molecule has 3 nitrogen and oxygen atoms in total. The summed E-state index contributed by atoms with van der Waals surface area (Å²) in [6.07, 6.45) is -2.97. The average molecular weight is 417 g/mol. The van der Waals surface area contributed by atoms with Gasteiger partial charge in [0.15, 0.2) is 16.6 Å². The lowest BCUT2D eigenvalue weighted by Gasteiger charge is -2.12. The van der Waals surface area contributed by atoms with Gasteiger partial charge in [-0.15, -0.1) is 0 Å². The number of benzene rings is 1. The van der Waals surface area contributed by atoms with Crippen LogP contribution >= 0.6 is 27.7 Å². The molecular formula is C16H12BrF3N2OS. The van der Waals surface area contributed by atoms with Crippen LogP contribution in [0.3, 0.4) is 0 Å². The second-order valence-corrected chi connectivity index (χ2v) is 7.21. The largest absolute Gasteiger partial charge is 0.433 e. The highest BCUT2D eigenvalue weighted by Crippen LogP contribution is 2.36. The molecule has 0 N–H and O–H groups in total. The van der Waals surface area contributed by atoms with Gasteiger partial charge in [-0.25, -0.2) is 9.97 Å². The van der Waals surface area contributed by atoms with Gasteiger partial charge in [0.05, 0.1) is 5.75 Å². The van der Waals surface area contributed by atoms with E-state index >= 15 is 0 Å². The molecule has 126 valence electrons. The number of hydrogen-bond acceptors (Lipinski definition) is 4. The lowest BCUT2D eigenvalue weighted by molar-refractivity contribution is -0.142. The van der Waals surface area contributed by atoms with E-state index in [0.29, 0.717) is 30.5 Å². The Hall–Kier alpha value is -1.41. The van der Waals surface area contributed by atoms with Crippen LogP contribution in [0.25, 0.3) is 0 Å². The van der Waals surface area contributed by atoms with Crippen molar-refractivity contribution in [2.45, 2.75) is 30.6 Å². The Morgan fingerprint density at radius 3 is 2.54 bits per heavy atom. The Balaban J connectivity index is 1.78. The summed E-state index contributed by atoms with van der Waals surface area (Å²) in [5.41, 5.74) is 0.300. The van der Waals surface area contributed by atoms with Crippen molar-refractivity contribution in [3.8, 4) is 0 Å². The topological polar surface area (TPSA) is 42.9 Å². The van der Waals surface area contributed by atoms with Crippen LogP contribution in [0.1, 0.15) is 33.7 Å². The number of aryl methyl sites for hydroxylation is 1. The zero-order chi connectivity index (χ0) is 17.3. The highest BCUT2D eigenvalue weighted by molar-refractivity contribution is 9.10. The Labute approximate surface area is 149 Å². The quantitative estimate of drug-likeness (QED) is 0.410. The van der Waals surface area contributed by atoms with Crippen LogP contribution in [0.15, 0.2) is 33.9 Å². The van der Waals surface area contributed by atoms with E-state index in [-0.39, 0.29) is 22.3 Å². The third-order valence-electron chi connectivity index (χ3n) is 3.68. The molecule has 8 heteroatoms. The number of hydrogen-bond donors (Lipinski definition) is 0. The molecule has 0 bridgehead atoms. The van der Waals surface area contributed by atoms with Crippen LogP contribution in [-0.4, -0.2) is 21.5 Å². The molecule has 0 amide bonds. The van der Waals surface area contributed by atoms with E-state index < -0.39 is 11.9 Å². The summed E-state index contributed by atoms with van der Waals surface area (Å²) in [4.78, 5) is 20.0. The summed E-state index contributed by atoms with van der Waals surface area (Å²) in [5, 5.41) is 0.00781. The molecular weight excluding hydrogens is 405 g/mol. The van der Waals surface area contributed by atoms with Crippen molar-refractivity contribution in [2.75, 3.05) is 5.75 Å². The molecule has 0 radical (unpaired) electrons. The van der Waals surface area contributed by atoms with Gasteiger partial charge in [0.25, 0.3) is 0 Å². The summed E-state index contributed by atoms with van der Waals surface area (Å²) in [5.74, 6) is -0.178. The average Bonchev–Trinajstić information content (AvgIpc) is 2.99. The zero-order valence-electron chi connectivity index (χ0n) is 12.4. The van der Waals surface area contributed by atoms with Crippen molar-refractivity contribution < 1.29 is 18.0 Å². The lowest BCUT2D eigenvalue weighted by atomic mass is 10.2. The van der Waals surface area contributed by atoms with E-state index in [1.807, 2.05) is 0 Å². The van der Waals surface area contributed by atoms with Crippen LogP contribution in [-0.2, 0) is 19.0 Å². The van der Waals surface area contributed by atoms with Crippen LogP contribution < -0.4 is 0 Å². The Morgan fingerprint density at radius 1 is 1.17 bits per heavy atom. The first-order valence-corrected chi connectivity index (χ1v) is 9.01. The van der Waals surface area contributed by atoms with E-state index in [9.17, 15) is 18.0 Å². The minimum Gasteiger partial charge on any atom is -0.293 e. The SMILES string of the molecule is O=C(CSc1nc2c(c(C(F)(F)F)n1)CCC2)c1ccc(Br)cc1. The molecule has 2 aromatic rings. The maximum atomic E-state index is 13.2. The lowest BCUT2D eigenvalue weighted by Crippen LogP contribution is -2.14. The fraction of sp³-hybridized carbons (Fsp3) is 0.312. The normalized spacial score (nSPS) is 13.8. The summed E-state index contributed by atoms with van der Waals surface area (Å²) in [6, 6.07) is 6.81. The summed E-state index contributed by atoms with van der Waals surface area (Å²) in [7, 11) is 0. The zero-order valence-corrected chi connectivity index (χ0v) is 14.8. The number of Topliss-reactive ketones (excluding diaryl/α,β-unsaturated/α-hetero) is 1. The maximum absolute atomic E-state index is 13.2. The number of alkyl halides is 3.